The van der Waals surface area contributed by atoms with Gasteiger partial charge in [-0.05, 0) is 64.1 Å². The van der Waals surface area contributed by atoms with Crippen molar-refractivity contribution < 1.29 is 5.11 Å². The minimum atomic E-state index is 0.340. The number of nitrogens with zero attached hydrogens (tertiary/aromatic N) is 1. The maximum absolute atomic E-state index is 9.14. The van der Waals surface area contributed by atoms with Gasteiger partial charge in [0.2, 0.25) is 0 Å². The first-order chi connectivity index (χ1) is 10.3. The second-order valence-corrected chi connectivity index (χ2v) is 7.18. The smallest absolute Gasteiger partial charge is 0.0434 e. The minimum Gasteiger partial charge on any atom is -0.396 e. The van der Waals surface area contributed by atoms with E-state index in [0.717, 1.165) is 19.0 Å². The second kappa shape index (κ2) is 9.81. The molecule has 0 aromatic rings. The number of likely N-dealkylation sites (tertiary alicyclic amines) is 1. The van der Waals surface area contributed by atoms with Gasteiger partial charge in [-0.3, -0.25) is 0 Å². The van der Waals surface area contributed by atoms with E-state index in [1.54, 1.807) is 0 Å². The van der Waals surface area contributed by atoms with Crippen LogP contribution in [0, 0.1) is 5.92 Å². The average Bonchev–Trinajstić information content (AvgIpc) is 2.54. The fraction of sp³-hybridized carbons (Fsp3) is 1.00. The summed E-state index contributed by atoms with van der Waals surface area (Å²) in [5.74, 6) is 0.663. The lowest BCUT2D eigenvalue weighted by atomic mass is 9.92. The normalized spacial score (nSPS) is 24.3. The van der Waals surface area contributed by atoms with Crippen molar-refractivity contribution in [1.29, 1.82) is 0 Å². The number of rotatable bonds is 8. The van der Waals surface area contributed by atoms with Crippen LogP contribution in [0.2, 0.25) is 0 Å². The first-order valence-corrected chi connectivity index (χ1v) is 9.41. The summed E-state index contributed by atoms with van der Waals surface area (Å²) < 4.78 is 0. The zero-order valence-electron chi connectivity index (χ0n) is 14.0. The SMILES string of the molecule is CCCC(CCO)CNC1CCN(C2CCCCC2)CC1. The molecule has 2 aliphatic rings. The molecule has 1 saturated heterocycles. The summed E-state index contributed by atoms with van der Waals surface area (Å²) in [4.78, 5) is 2.76. The first-order valence-electron chi connectivity index (χ1n) is 9.41. The number of aliphatic hydroxyl groups is 1. The van der Waals surface area contributed by atoms with Crippen LogP contribution in [-0.4, -0.2) is 48.3 Å². The molecule has 1 aliphatic carbocycles. The van der Waals surface area contributed by atoms with Crippen LogP contribution in [0.5, 0.6) is 0 Å². The number of hydrogen-bond acceptors (Lipinski definition) is 3. The fourth-order valence-electron chi connectivity index (χ4n) is 4.19. The van der Waals surface area contributed by atoms with Crippen molar-refractivity contribution in [3.05, 3.63) is 0 Å². The predicted octanol–water partition coefficient (Wildman–Crippen LogP) is 3.17. The molecule has 1 aliphatic heterocycles. The second-order valence-electron chi connectivity index (χ2n) is 7.18. The Morgan fingerprint density at radius 3 is 2.38 bits per heavy atom. The lowest BCUT2D eigenvalue weighted by molar-refractivity contribution is 0.114. The van der Waals surface area contributed by atoms with E-state index in [2.05, 4.69) is 17.1 Å². The molecule has 2 rings (SSSR count). The van der Waals surface area contributed by atoms with Crippen LogP contribution in [-0.2, 0) is 0 Å². The predicted molar refractivity (Wildman–Crippen MR) is 89.6 cm³/mol. The van der Waals surface area contributed by atoms with Gasteiger partial charge >= 0.3 is 0 Å². The van der Waals surface area contributed by atoms with E-state index in [1.165, 1.54) is 70.9 Å². The summed E-state index contributed by atoms with van der Waals surface area (Å²) in [6.07, 6.45) is 13.3. The molecule has 0 aromatic carbocycles. The van der Waals surface area contributed by atoms with E-state index in [1.807, 2.05) is 0 Å². The zero-order valence-corrected chi connectivity index (χ0v) is 14.0. The Morgan fingerprint density at radius 2 is 1.76 bits per heavy atom. The molecule has 0 radical (unpaired) electrons. The van der Waals surface area contributed by atoms with Crippen LogP contribution >= 0.6 is 0 Å². The Hall–Kier alpha value is -0.120. The highest BCUT2D eigenvalue weighted by Gasteiger charge is 2.26. The molecule has 1 atom stereocenters. The maximum Gasteiger partial charge on any atom is 0.0434 e. The molecule has 3 nitrogen and oxygen atoms in total. The Bertz CT molecular complexity index is 252. The Balaban J connectivity index is 1.63. The molecule has 2 fully saturated rings. The molecule has 0 amide bonds. The molecule has 21 heavy (non-hydrogen) atoms. The summed E-state index contributed by atoms with van der Waals surface area (Å²) in [5, 5.41) is 12.9. The van der Waals surface area contributed by atoms with Gasteiger partial charge < -0.3 is 15.3 Å². The molecule has 0 aromatic heterocycles. The number of hydrogen-bond donors (Lipinski definition) is 2. The summed E-state index contributed by atoms with van der Waals surface area (Å²) in [5.41, 5.74) is 0. The number of aliphatic hydroxyl groups excluding tert-OH is 1. The third kappa shape index (κ3) is 5.88. The molecule has 1 saturated carbocycles. The Labute approximate surface area is 131 Å². The standard InChI is InChI=1S/C18H36N2O/c1-2-6-16(11-14-21)15-19-17-9-12-20(13-10-17)18-7-4-3-5-8-18/h16-19,21H,2-15H2,1H3. The largest absolute Gasteiger partial charge is 0.396 e. The molecule has 1 unspecified atom stereocenters. The molecule has 0 spiro atoms. The van der Waals surface area contributed by atoms with E-state index in [4.69, 9.17) is 5.11 Å². The first kappa shape index (κ1) is 17.2. The van der Waals surface area contributed by atoms with E-state index >= 15 is 0 Å². The van der Waals surface area contributed by atoms with Crippen LogP contribution in [0.3, 0.4) is 0 Å². The number of piperidine rings is 1. The fourth-order valence-corrected chi connectivity index (χ4v) is 4.19. The molecule has 0 bridgehead atoms. The Morgan fingerprint density at radius 1 is 1.05 bits per heavy atom. The molecule has 124 valence electrons. The summed E-state index contributed by atoms with van der Waals surface area (Å²) in [6, 6.07) is 1.60. The van der Waals surface area contributed by atoms with Crippen molar-refractivity contribution in [2.75, 3.05) is 26.2 Å². The van der Waals surface area contributed by atoms with Gasteiger partial charge in [-0.25, -0.2) is 0 Å². The summed E-state index contributed by atoms with van der Waals surface area (Å²) in [6.45, 7) is 6.27. The highest BCUT2D eigenvalue weighted by atomic mass is 16.3. The monoisotopic (exact) mass is 296 g/mol. The highest BCUT2D eigenvalue weighted by molar-refractivity contribution is 4.83. The van der Waals surface area contributed by atoms with E-state index in [-0.39, 0.29) is 0 Å². The quantitative estimate of drug-likeness (QED) is 0.722. The van der Waals surface area contributed by atoms with Gasteiger partial charge in [-0.2, -0.15) is 0 Å². The highest BCUT2D eigenvalue weighted by Crippen LogP contribution is 2.25. The van der Waals surface area contributed by atoms with Gasteiger partial charge in [0.25, 0.3) is 0 Å². The van der Waals surface area contributed by atoms with Gasteiger partial charge in [0, 0.05) is 18.7 Å². The lowest BCUT2D eigenvalue weighted by Gasteiger charge is -2.39. The minimum absolute atomic E-state index is 0.340. The molecule has 3 heteroatoms. The molecular formula is C18H36N2O. The van der Waals surface area contributed by atoms with Crippen LogP contribution < -0.4 is 5.32 Å². The lowest BCUT2D eigenvalue weighted by Crippen LogP contribution is -2.47. The van der Waals surface area contributed by atoms with E-state index in [9.17, 15) is 0 Å². The van der Waals surface area contributed by atoms with Crippen molar-refractivity contribution >= 4 is 0 Å². The van der Waals surface area contributed by atoms with Crippen molar-refractivity contribution in [2.24, 2.45) is 5.92 Å². The average molecular weight is 296 g/mol. The van der Waals surface area contributed by atoms with Crippen molar-refractivity contribution in [3.8, 4) is 0 Å². The topological polar surface area (TPSA) is 35.5 Å². The van der Waals surface area contributed by atoms with Gasteiger partial charge in [0.15, 0.2) is 0 Å². The van der Waals surface area contributed by atoms with Gasteiger partial charge in [0.1, 0.15) is 0 Å². The van der Waals surface area contributed by atoms with Crippen molar-refractivity contribution in [2.45, 2.75) is 83.2 Å². The third-order valence-electron chi connectivity index (χ3n) is 5.55. The zero-order chi connectivity index (χ0) is 14.9. The van der Waals surface area contributed by atoms with Crippen molar-refractivity contribution in [3.63, 3.8) is 0 Å². The van der Waals surface area contributed by atoms with Crippen LogP contribution in [0.1, 0.15) is 71.1 Å². The van der Waals surface area contributed by atoms with Gasteiger partial charge in [0.05, 0.1) is 0 Å². The van der Waals surface area contributed by atoms with Crippen molar-refractivity contribution in [1.82, 2.24) is 10.2 Å². The maximum atomic E-state index is 9.14. The van der Waals surface area contributed by atoms with Crippen LogP contribution in [0.25, 0.3) is 0 Å². The summed E-state index contributed by atoms with van der Waals surface area (Å²) >= 11 is 0. The van der Waals surface area contributed by atoms with Gasteiger partial charge in [-0.15, -0.1) is 0 Å². The molecule has 2 N–H and O–H groups in total. The van der Waals surface area contributed by atoms with Gasteiger partial charge in [-0.1, -0.05) is 32.6 Å². The van der Waals surface area contributed by atoms with E-state index in [0.29, 0.717) is 18.6 Å². The van der Waals surface area contributed by atoms with Crippen LogP contribution in [0.15, 0.2) is 0 Å². The van der Waals surface area contributed by atoms with E-state index < -0.39 is 0 Å². The molecular weight excluding hydrogens is 260 g/mol. The Kier molecular flexibility index (Phi) is 8.05. The number of nitrogens with one attached hydrogen (secondary N) is 1. The molecule has 1 heterocycles. The van der Waals surface area contributed by atoms with Crippen LogP contribution in [0.4, 0.5) is 0 Å². The summed E-state index contributed by atoms with van der Waals surface area (Å²) in [7, 11) is 0. The third-order valence-corrected chi connectivity index (χ3v) is 5.55.